The standard InChI is InChI=1S/C14H23ClN2O/c1-11(10-18-3)17(2)9-8-14(16)12-6-4-5-7-13(12)15/h4-7,11,14H,8-10,16H2,1-3H3. The Morgan fingerprint density at radius 3 is 2.67 bits per heavy atom. The van der Waals surface area contributed by atoms with E-state index in [1.165, 1.54) is 0 Å². The highest BCUT2D eigenvalue weighted by Crippen LogP contribution is 2.23. The van der Waals surface area contributed by atoms with Crippen LogP contribution in [0, 0.1) is 0 Å². The molecule has 0 spiro atoms. The summed E-state index contributed by atoms with van der Waals surface area (Å²) in [6, 6.07) is 8.15. The van der Waals surface area contributed by atoms with E-state index >= 15 is 0 Å². The second-order valence-corrected chi connectivity index (χ2v) is 5.11. The summed E-state index contributed by atoms with van der Waals surface area (Å²) < 4.78 is 5.14. The number of nitrogens with zero attached hydrogens (tertiary/aromatic N) is 1. The van der Waals surface area contributed by atoms with Crippen LogP contribution in [0.3, 0.4) is 0 Å². The third-order valence-corrected chi connectivity index (χ3v) is 3.60. The normalized spacial score (nSPS) is 14.8. The molecule has 3 nitrogen and oxygen atoms in total. The zero-order chi connectivity index (χ0) is 13.5. The van der Waals surface area contributed by atoms with Crippen LogP contribution in [0.2, 0.25) is 5.02 Å². The lowest BCUT2D eigenvalue weighted by atomic mass is 10.0. The van der Waals surface area contributed by atoms with E-state index in [-0.39, 0.29) is 6.04 Å². The Morgan fingerprint density at radius 1 is 1.39 bits per heavy atom. The summed E-state index contributed by atoms with van der Waals surface area (Å²) in [6.07, 6.45) is 0.883. The molecule has 2 N–H and O–H groups in total. The second-order valence-electron chi connectivity index (χ2n) is 4.70. The van der Waals surface area contributed by atoms with E-state index in [1.807, 2.05) is 24.3 Å². The van der Waals surface area contributed by atoms with E-state index in [1.54, 1.807) is 7.11 Å². The molecule has 2 atom stereocenters. The van der Waals surface area contributed by atoms with E-state index in [0.29, 0.717) is 6.04 Å². The zero-order valence-corrected chi connectivity index (χ0v) is 12.2. The lowest BCUT2D eigenvalue weighted by Gasteiger charge is -2.25. The van der Waals surface area contributed by atoms with E-state index in [0.717, 1.165) is 30.2 Å². The number of halogens is 1. The molecule has 1 aromatic rings. The van der Waals surface area contributed by atoms with Gasteiger partial charge in [0.1, 0.15) is 0 Å². The predicted octanol–water partition coefficient (Wildman–Crippen LogP) is 2.70. The van der Waals surface area contributed by atoms with Crippen molar-refractivity contribution >= 4 is 11.6 Å². The summed E-state index contributed by atoms with van der Waals surface area (Å²) in [7, 11) is 3.81. The molecule has 0 radical (unpaired) electrons. The Bertz CT molecular complexity index is 359. The fraction of sp³-hybridized carbons (Fsp3) is 0.571. The van der Waals surface area contributed by atoms with Crippen molar-refractivity contribution in [1.29, 1.82) is 0 Å². The highest BCUT2D eigenvalue weighted by Gasteiger charge is 2.13. The molecule has 0 aromatic heterocycles. The Hall–Kier alpha value is -0.610. The van der Waals surface area contributed by atoms with E-state index in [4.69, 9.17) is 22.1 Å². The average molecular weight is 271 g/mol. The van der Waals surface area contributed by atoms with E-state index < -0.39 is 0 Å². The monoisotopic (exact) mass is 270 g/mol. The van der Waals surface area contributed by atoms with Crippen molar-refractivity contribution in [3.8, 4) is 0 Å². The Labute approximate surface area is 115 Å². The minimum absolute atomic E-state index is 0.0177. The molecule has 18 heavy (non-hydrogen) atoms. The smallest absolute Gasteiger partial charge is 0.0615 e. The fourth-order valence-corrected chi connectivity index (χ4v) is 2.14. The highest BCUT2D eigenvalue weighted by atomic mass is 35.5. The third-order valence-electron chi connectivity index (χ3n) is 3.26. The van der Waals surface area contributed by atoms with Crippen LogP contribution in [-0.2, 0) is 4.74 Å². The van der Waals surface area contributed by atoms with Crippen molar-refractivity contribution in [1.82, 2.24) is 4.90 Å². The van der Waals surface area contributed by atoms with Gasteiger partial charge in [0.05, 0.1) is 6.61 Å². The second kappa shape index (κ2) is 7.74. The molecular formula is C14H23ClN2O. The molecule has 1 aromatic carbocycles. The first-order valence-electron chi connectivity index (χ1n) is 6.25. The molecule has 0 aliphatic heterocycles. The number of ether oxygens (including phenoxy) is 1. The number of hydrogen-bond donors (Lipinski definition) is 1. The van der Waals surface area contributed by atoms with Crippen LogP contribution in [-0.4, -0.2) is 38.3 Å². The fourth-order valence-electron chi connectivity index (χ4n) is 1.86. The van der Waals surface area contributed by atoms with Gasteiger partial charge in [0.25, 0.3) is 0 Å². The Kier molecular flexibility index (Phi) is 6.65. The summed E-state index contributed by atoms with van der Waals surface area (Å²) >= 11 is 6.13. The number of rotatable bonds is 7. The minimum atomic E-state index is -0.0177. The topological polar surface area (TPSA) is 38.5 Å². The zero-order valence-electron chi connectivity index (χ0n) is 11.4. The van der Waals surface area contributed by atoms with Crippen molar-refractivity contribution in [2.24, 2.45) is 5.73 Å². The maximum atomic E-state index is 6.18. The maximum Gasteiger partial charge on any atom is 0.0615 e. The molecule has 102 valence electrons. The SMILES string of the molecule is COCC(C)N(C)CCC(N)c1ccccc1Cl. The van der Waals surface area contributed by atoms with Gasteiger partial charge in [-0.25, -0.2) is 0 Å². The van der Waals surface area contributed by atoms with Crippen LogP contribution >= 0.6 is 11.6 Å². The number of methoxy groups -OCH3 is 1. The van der Waals surface area contributed by atoms with E-state index in [9.17, 15) is 0 Å². The maximum absolute atomic E-state index is 6.18. The molecule has 1 rings (SSSR count). The first kappa shape index (κ1) is 15.4. The quantitative estimate of drug-likeness (QED) is 0.828. The highest BCUT2D eigenvalue weighted by molar-refractivity contribution is 6.31. The van der Waals surface area contributed by atoms with Crippen molar-refractivity contribution < 1.29 is 4.74 Å². The van der Waals surface area contributed by atoms with Crippen LogP contribution < -0.4 is 5.73 Å². The summed E-state index contributed by atoms with van der Waals surface area (Å²) in [6.45, 7) is 3.80. The number of nitrogens with two attached hydrogens (primary N) is 1. The predicted molar refractivity (Wildman–Crippen MR) is 77.0 cm³/mol. The molecule has 0 saturated heterocycles. The van der Waals surface area contributed by atoms with Crippen molar-refractivity contribution in [2.45, 2.75) is 25.4 Å². The molecule has 0 heterocycles. The third kappa shape index (κ3) is 4.58. The molecular weight excluding hydrogens is 248 g/mol. The van der Waals surface area contributed by atoms with Gasteiger partial charge in [0.2, 0.25) is 0 Å². The number of benzene rings is 1. The van der Waals surface area contributed by atoms with Crippen molar-refractivity contribution in [3.05, 3.63) is 34.9 Å². The van der Waals surface area contributed by atoms with Crippen LogP contribution in [0.15, 0.2) is 24.3 Å². The molecule has 0 aliphatic rings. The van der Waals surface area contributed by atoms with E-state index in [2.05, 4.69) is 18.9 Å². The molecule has 0 saturated carbocycles. The molecule has 0 aliphatic carbocycles. The van der Waals surface area contributed by atoms with Gasteiger partial charge in [0.15, 0.2) is 0 Å². The lowest BCUT2D eigenvalue weighted by molar-refractivity contribution is 0.114. The molecule has 0 bridgehead atoms. The first-order valence-corrected chi connectivity index (χ1v) is 6.63. The Balaban J connectivity index is 2.46. The summed E-state index contributed by atoms with van der Waals surface area (Å²) in [5, 5.41) is 0.748. The van der Waals surface area contributed by atoms with Gasteiger partial charge in [-0.3, -0.25) is 0 Å². The van der Waals surface area contributed by atoms with Gasteiger partial charge in [-0.2, -0.15) is 0 Å². The van der Waals surface area contributed by atoms with Gasteiger partial charge in [-0.1, -0.05) is 29.8 Å². The molecule has 2 unspecified atom stereocenters. The van der Waals surface area contributed by atoms with Crippen LogP contribution in [0.25, 0.3) is 0 Å². The first-order chi connectivity index (χ1) is 8.56. The number of hydrogen-bond acceptors (Lipinski definition) is 3. The largest absolute Gasteiger partial charge is 0.383 e. The van der Waals surface area contributed by atoms with Crippen LogP contribution in [0.1, 0.15) is 24.9 Å². The minimum Gasteiger partial charge on any atom is -0.383 e. The summed E-state index contributed by atoms with van der Waals surface area (Å²) in [5.74, 6) is 0. The Morgan fingerprint density at radius 2 is 2.06 bits per heavy atom. The van der Waals surface area contributed by atoms with Gasteiger partial charge in [0, 0.05) is 30.8 Å². The molecule has 0 fully saturated rings. The number of likely N-dealkylation sites (N-methyl/N-ethyl adjacent to an activating group) is 1. The van der Waals surface area contributed by atoms with Gasteiger partial charge >= 0.3 is 0 Å². The summed E-state index contributed by atoms with van der Waals surface area (Å²) in [4.78, 5) is 2.25. The van der Waals surface area contributed by atoms with Crippen molar-refractivity contribution in [2.75, 3.05) is 27.3 Å². The average Bonchev–Trinajstić information content (AvgIpc) is 2.36. The van der Waals surface area contributed by atoms with Gasteiger partial charge in [-0.05, 0) is 32.0 Å². The molecule has 4 heteroatoms. The summed E-state index contributed by atoms with van der Waals surface area (Å²) in [5.41, 5.74) is 7.20. The van der Waals surface area contributed by atoms with Crippen LogP contribution in [0.5, 0.6) is 0 Å². The van der Waals surface area contributed by atoms with Crippen LogP contribution in [0.4, 0.5) is 0 Å². The van der Waals surface area contributed by atoms with Gasteiger partial charge < -0.3 is 15.4 Å². The lowest BCUT2D eigenvalue weighted by Crippen LogP contribution is -2.34. The van der Waals surface area contributed by atoms with Crippen molar-refractivity contribution in [3.63, 3.8) is 0 Å². The molecule has 0 amide bonds. The van der Waals surface area contributed by atoms with Gasteiger partial charge in [-0.15, -0.1) is 0 Å².